The Bertz CT molecular complexity index is 438. The predicted octanol–water partition coefficient (Wildman–Crippen LogP) is 2.01. The fourth-order valence-electron chi connectivity index (χ4n) is 2.69. The van der Waals surface area contributed by atoms with Gasteiger partial charge in [0.05, 0.1) is 6.04 Å². The molecule has 4 nitrogen and oxygen atoms in total. The van der Waals surface area contributed by atoms with Gasteiger partial charge >= 0.3 is 0 Å². The summed E-state index contributed by atoms with van der Waals surface area (Å²) in [6.45, 7) is 8.77. The minimum absolute atomic E-state index is 0.0878. The summed E-state index contributed by atoms with van der Waals surface area (Å²) >= 11 is 0. The van der Waals surface area contributed by atoms with E-state index in [-0.39, 0.29) is 11.8 Å². The van der Waals surface area contributed by atoms with E-state index in [1.165, 1.54) is 12.8 Å². The fourth-order valence-corrected chi connectivity index (χ4v) is 2.69. The maximum atomic E-state index is 10.6. The Balaban J connectivity index is 2.07. The quantitative estimate of drug-likeness (QED) is 0.744. The lowest BCUT2D eigenvalue weighted by molar-refractivity contribution is 0.112. The molecule has 0 amide bonds. The lowest BCUT2D eigenvalue weighted by atomic mass is 10.0. The Kier molecular flexibility index (Phi) is 5.04. The van der Waals surface area contributed by atoms with E-state index in [1.807, 2.05) is 6.92 Å². The van der Waals surface area contributed by atoms with Crippen LogP contribution in [0.1, 0.15) is 31.4 Å². The Labute approximate surface area is 120 Å². The van der Waals surface area contributed by atoms with Crippen molar-refractivity contribution in [2.45, 2.75) is 31.9 Å². The van der Waals surface area contributed by atoms with Crippen molar-refractivity contribution in [2.24, 2.45) is 0 Å². The van der Waals surface area contributed by atoms with Crippen LogP contribution >= 0.6 is 0 Å². The lowest BCUT2D eigenvalue weighted by Crippen LogP contribution is -2.43. The zero-order valence-electron chi connectivity index (χ0n) is 12.0. The molecule has 1 heterocycles. The third kappa shape index (κ3) is 3.99. The van der Waals surface area contributed by atoms with Gasteiger partial charge in [0.25, 0.3) is 0 Å². The number of likely N-dealkylation sites (tertiary alicyclic amines) is 1. The van der Waals surface area contributed by atoms with Crippen molar-refractivity contribution in [1.29, 1.82) is 0 Å². The van der Waals surface area contributed by atoms with Crippen molar-refractivity contribution in [2.75, 3.05) is 19.6 Å². The summed E-state index contributed by atoms with van der Waals surface area (Å²) in [6, 6.07) is 6.64. The van der Waals surface area contributed by atoms with Crippen molar-refractivity contribution in [3.05, 3.63) is 42.1 Å². The standard InChI is InChI=1S/C16H24N2O2/c1-12(2)17-15(11-18-9-3-4-10-18)16(20)13-5-7-14(19)8-6-13/h5-8,15-17,19-20H,1,3-4,9-11H2,2H3/t15-,16-/m1/s1. The van der Waals surface area contributed by atoms with Gasteiger partial charge in [-0.05, 0) is 50.6 Å². The van der Waals surface area contributed by atoms with Crippen LogP contribution in [-0.2, 0) is 0 Å². The van der Waals surface area contributed by atoms with E-state index in [0.29, 0.717) is 0 Å². The first-order valence-electron chi connectivity index (χ1n) is 7.17. The molecule has 2 rings (SSSR count). The van der Waals surface area contributed by atoms with Crippen LogP contribution in [0.2, 0.25) is 0 Å². The molecule has 1 aliphatic heterocycles. The first kappa shape index (κ1) is 14.9. The van der Waals surface area contributed by atoms with E-state index < -0.39 is 6.10 Å². The number of benzene rings is 1. The Morgan fingerprint density at radius 2 is 1.90 bits per heavy atom. The van der Waals surface area contributed by atoms with E-state index in [4.69, 9.17) is 0 Å². The average Bonchev–Trinajstić information content (AvgIpc) is 2.90. The van der Waals surface area contributed by atoms with Crippen LogP contribution in [0.25, 0.3) is 0 Å². The number of rotatable bonds is 6. The number of nitrogens with zero attached hydrogens (tertiary/aromatic N) is 1. The maximum Gasteiger partial charge on any atom is 0.115 e. The highest BCUT2D eigenvalue weighted by molar-refractivity contribution is 5.28. The monoisotopic (exact) mass is 276 g/mol. The van der Waals surface area contributed by atoms with Crippen LogP contribution < -0.4 is 5.32 Å². The number of phenols is 1. The molecular weight excluding hydrogens is 252 g/mol. The van der Waals surface area contributed by atoms with E-state index in [9.17, 15) is 10.2 Å². The number of allylic oxidation sites excluding steroid dienone is 1. The molecule has 1 aliphatic rings. The van der Waals surface area contributed by atoms with Crippen LogP contribution in [0.5, 0.6) is 5.75 Å². The second-order valence-corrected chi connectivity index (χ2v) is 5.58. The molecule has 0 aliphatic carbocycles. The number of hydrogen-bond acceptors (Lipinski definition) is 4. The van der Waals surface area contributed by atoms with Crippen molar-refractivity contribution >= 4 is 0 Å². The normalized spacial score (nSPS) is 18.7. The Hall–Kier alpha value is -1.52. The van der Waals surface area contributed by atoms with Gasteiger partial charge in [0.2, 0.25) is 0 Å². The third-order valence-electron chi connectivity index (χ3n) is 3.70. The summed E-state index contributed by atoms with van der Waals surface area (Å²) in [4.78, 5) is 2.37. The SMILES string of the molecule is C=C(C)N[C@H](CN1CCCC1)[C@H](O)c1ccc(O)cc1. The summed E-state index contributed by atoms with van der Waals surface area (Å²) in [6.07, 6.45) is 1.84. The van der Waals surface area contributed by atoms with E-state index in [2.05, 4.69) is 16.8 Å². The van der Waals surface area contributed by atoms with Crippen LogP contribution in [0.4, 0.5) is 0 Å². The molecule has 0 saturated carbocycles. The molecule has 4 heteroatoms. The van der Waals surface area contributed by atoms with Crippen molar-refractivity contribution in [1.82, 2.24) is 10.2 Å². The Morgan fingerprint density at radius 1 is 1.30 bits per heavy atom. The summed E-state index contributed by atoms with van der Waals surface area (Å²) in [7, 11) is 0. The number of aliphatic hydroxyl groups is 1. The summed E-state index contributed by atoms with van der Waals surface area (Å²) in [5, 5.41) is 23.2. The molecule has 2 atom stereocenters. The van der Waals surface area contributed by atoms with Gasteiger partial charge in [0.1, 0.15) is 11.9 Å². The average molecular weight is 276 g/mol. The van der Waals surface area contributed by atoms with Gasteiger partial charge in [-0.15, -0.1) is 0 Å². The number of aromatic hydroxyl groups is 1. The second kappa shape index (κ2) is 6.77. The number of hydrogen-bond donors (Lipinski definition) is 3. The second-order valence-electron chi connectivity index (χ2n) is 5.58. The highest BCUT2D eigenvalue weighted by Crippen LogP contribution is 2.22. The number of aliphatic hydroxyl groups excluding tert-OH is 1. The zero-order chi connectivity index (χ0) is 14.5. The molecule has 0 radical (unpaired) electrons. The van der Waals surface area contributed by atoms with Crippen LogP contribution in [0, 0.1) is 0 Å². The third-order valence-corrected chi connectivity index (χ3v) is 3.70. The minimum atomic E-state index is -0.618. The van der Waals surface area contributed by atoms with Gasteiger partial charge in [-0.25, -0.2) is 0 Å². The smallest absolute Gasteiger partial charge is 0.115 e. The Morgan fingerprint density at radius 3 is 2.45 bits per heavy atom. The van der Waals surface area contributed by atoms with Crippen LogP contribution in [-0.4, -0.2) is 40.8 Å². The van der Waals surface area contributed by atoms with Gasteiger partial charge in [-0.2, -0.15) is 0 Å². The highest BCUT2D eigenvalue weighted by atomic mass is 16.3. The van der Waals surface area contributed by atoms with Crippen LogP contribution in [0.3, 0.4) is 0 Å². The molecule has 0 spiro atoms. The first-order valence-corrected chi connectivity index (χ1v) is 7.17. The van der Waals surface area contributed by atoms with E-state index in [0.717, 1.165) is 30.9 Å². The van der Waals surface area contributed by atoms with E-state index in [1.54, 1.807) is 24.3 Å². The summed E-state index contributed by atoms with van der Waals surface area (Å²) in [5.74, 6) is 0.213. The molecule has 1 aromatic rings. The molecular formula is C16H24N2O2. The van der Waals surface area contributed by atoms with Crippen LogP contribution in [0.15, 0.2) is 36.5 Å². The van der Waals surface area contributed by atoms with Gasteiger partial charge in [0.15, 0.2) is 0 Å². The van der Waals surface area contributed by atoms with Crippen molar-refractivity contribution in [3.8, 4) is 5.75 Å². The van der Waals surface area contributed by atoms with Crippen molar-refractivity contribution in [3.63, 3.8) is 0 Å². The first-order chi connectivity index (χ1) is 9.56. The summed E-state index contributed by atoms with van der Waals surface area (Å²) < 4.78 is 0. The van der Waals surface area contributed by atoms with Gasteiger partial charge in [0, 0.05) is 12.2 Å². The largest absolute Gasteiger partial charge is 0.508 e. The topological polar surface area (TPSA) is 55.7 Å². The van der Waals surface area contributed by atoms with Crippen molar-refractivity contribution < 1.29 is 10.2 Å². The lowest BCUT2D eigenvalue weighted by Gasteiger charge is -2.29. The zero-order valence-corrected chi connectivity index (χ0v) is 12.0. The molecule has 1 fully saturated rings. The molecule has 1 saturated heterocycles. The van der Waals surface area contributed by atoms with Gasteiger partial charge in [-0.3, -0.25) is 0 Å². The predicted molar refractivity (Wildman–Crippen MR) is 80.5 cm³/mol. The van der Waals surface area contributed by atoms with E-state index >= 15 is 0 Å². The number of phenolic OH excluding ortho intramolecular Hbond substituents is 1. The summed E-state index contributed by atoms with van der Waals surface area (Å²) in [5.41, 5.74) is 1.66. The number of nitrogens with one attached hydrogen (secondary N) is 1. The molecule has 3 N–H and O–H groups in total. The molecule has 110 valence electrons. The van der Waals surface area contributed by atoms with Gasteiger partial charge in [-0.1, -0.05) is 18.7 Å². The molecule has 1 aromatic carbocycles. The molecule has 0 unspecified atom stereocenters. The maximum absolute atomic E-state index is 10.6. The fraction of sp³-hybridized carbons (Fsp3) is 0.500. The highest BCUT2D eigenvalue weighted by Gasteiger charge is 2.24. The molecule has 0 bridgehead atoms. The molecule has 0 aromatic heterocycles. The minimum Gasteiger partial charge on any atom is -0.508 e. The van der Waals surface area contributed by atoms with Gasteiger partial charge < -0.3 is 20.4 Å². The molecule has 20 heavy (non-hydrogen) atoms.